The minimum Gasteiger partial charge on any atom is -0.326 e. The van der Waals surface area contributed by atoms with Crippen LogP contribution in [0.1, 0.15) is 38.2 Å². The molecule has 0 spiro atoms. The highest BCUT2D eigenvalue weighted by Gasteiger charge is 2.25. The second-order valence-electron chi connectivity index (χ2n) is 7.83. The third-order valence-electron chi connectivity index (χ3n) is 5.16. The maximum absolute atomic E-state index is 12.7. The number of carbonyl (C=O) groups is 1. The summed E-state index contributed by atoms with van der Waals surface area (Å²) in [6, 6.07) is 12.8. The van der Waals surface area contributed by atoms with Crippen LogP contribution in [0.4, 0.5) is 11.4 Å². The van der Waals surface area contributed by atoms with Crippen molar-refractivity contribution < 1.29 is 21.6 Å². The maximum atomic E-state index is 12.7. The highest BCUT2D eigenvalue weighted by molar-refractivity contribution is 7.92. The second-order valence-corrected chi connectivity index (χ2v) is 11.6. The van der Waals surface area contributed by atoms with Gasteiger partial charge in [-0.15, -0.1) is 0 Å². The first-order valence-corrected chi connectivity index (χ1v) is 13.8. The van der Waals surface area contributed by atoms with Gasteiger partial charge in [-0.25, -0.2) is 16.8 Å². The number of benzene rings is 2. The molecule has 3 rings (SSSR count). The number of hydrogen-bond donors (Lipinski definition) is 2. The van der Waals surface area contributed by atoms with Crippen molar-refractivity contribution in [3.8, 4) is 0 Å². The van der Waals surface area contributed by atoms with Gasteiger partial charge >= 0.3 is 0 Å². The highest BCUT2D eigenvalue weighted by Crippen LogP contribution is 2.21. The maximum Gasteiger partial charge on any atom is 0.243 e. The molecule has 0 unspecified atom stereocenters. The first kappa shape index (κ1) is 24.2. The molecule has 0 saturated carbocycles. The molecule has 0 radical (unpaired) electrons. The Bertz CT molecular complexity index is 1120. The number of rotatable bonds is 9. The number of anilines is 2. The predicted octanol–water partition coefficient (Wildman–Crippen LogP) is 3.19. The lowest BCUT2D eigenvalue weighted by Crippen LogP contribution is -2.35. The van der Waals surface area contributed by atoms with Crippen LogP contribution in [0, 0.1) is 0 Å². The quantitative estimate of drug-likeness (QED) is 0.574. The van der Waals surface area contributed by atoms with Crippen molar-refractivity contribution in [2.45, 2.75) is 43.9 Å². The Kier molecular flexibility index (Phi) is 7.91. The van der Waals surface area contributed by atoms with Gasteiger partial charge in [-0.3, -0.25) is 9.52 Å². The zero-order valence-corrected chi connectivity index (χ0v) is 19.7. The molecule has 1 aliphatic rings. The van der Waals surface area contributed by atoms with Crippen molar-refractivity contribution in [1.82, 2.24) is 4.31 Å². The number of carbonyl (C=O) groups excluding carboxylic acids is 1. The molecule has 1 heterocycles. The van der Waals surface area contributed by atoms with Gasteiger partial charge in [0.15, 0.2) is 0 Å². The third-order valence-corrected chi connectivity index (χ3v) is 8.56. The van der Waals surface area contributed by atoms with E-state index < -0.39 is 20.0 Å². The Hall–Kier alpha value is -2.43. The Morgan fingerprint density at radius 2 is 1.47 bits per heavy atom. The van der Waals surface area contributed by atoms with Crippen LogP contribution < -0.4 is 10.0 Å². The lowest BCUT2D eigenvalue weighted by molar-refractivity contribution is -0.115. The van der Waals surface area contributed by atoms with Gasteiger partial charge in [-0.2, -0.15) is 4.31 Å². The van der Waals surface area contributed by atoms with Crippen LogP contribution in [0.5, 0.6) is 0 Å². The summed E-state index contributed by atoms with van der Waals surface area (Å²) in [4.78, 5) is 12.6. The summed E-state index contributed by atoms with van der Waals surface area (Å²) in [7, 11) is -6.86. The van der Waals surface area contributed by atoms with Crippen molar-refractivity contribution in [2.24, 2.45) is 0 Å². The molecule has 2 aromatic carbocycles. The zero-order valence-electron chi connectivity index (χ0n) is 18.1. The normalized spacial score (nSPS) is 15.3. The van der Waals surface area contributed by atoms with Gasteiger partial charge < -0.3 is 5.32 Å². The summed E-state index contributed by atoms with van der Waals surface area (Å²) in [5, 5.41) is 2.76. The lowest BCUT2D eigenvalue weighted by Gasteiger charge is -2.25. The van der Waals surface area contributed by atoms with Crippen molar-refractivity contribution in [3.63, 3.8) is 0 Å². The van der Waals surface area contributed by atoms with E-state index in [2.05, 4.69) is 10.0 Å². The fourth-order valence-corrected chi connectivity index (χ4v) is 6.20. The van der Waals surface area contributed by atoms with Crippen LogP contribution >= 0.6 is 0 Å². The average Bonchev–Trinajstić information content (AvgIpc) is 2.76. The molecule has 0 aliphatic carbocycles. The Labute approximate surface area is 190 Å². The average molecular weight is 480 g/mol. The number of nitrogens with zero attached hydrogens (tertiary/aromatic N) is 1. The first-order valence-electron chi connectivity index (χ1n) is 10.7. The summed E-state index contributed by atoms with van der Waals surface area (Å²) >= 11 is 0. The van der Waals surface area contributed by atoms with E-state index in [9.17, 15) is 21.6 Å². The van der Waals surface area contributed by atoms with Crippen molar-refractivity contribution in [3.05, 3.63) is 54.1 Å². The van der Waals surface area contributed by atoms with Crippen LogP contribution in [-0.4, -0.2) is 45.9 Å². The summed E-state index contributed by atoms with van der Waals surface area (Å²) < 4.78 is 53.1. The monoisotopic (exact) mass is 479 g/mol. The molecular formula is C22H29N3O5S2. The molecule has 1 fully saturated rings. The number of hydrogen-bond acceptors (Lipinski definition) is 5. The standard InChI is InChI=1S/C22H29N3O5S2/c1-2-16-31(27,28)24-20-10-8-19(9-11-20)23-22(26)17-18-6-12-21(13-7-18)32(29,30)25-14-4-3-5-15-25/h6-13,24H,2-5,14-17H2,1H3,(H,23,26). The zero-order chi connectivity index (χ0) is 23.2. The third kappa shape index (κ3) is 6.54. The summed E-state index contributed by atoms with van der Waals surface area (Å²) in [5.74, 6) is -0.209. The van der Waals surface area contributed by atoms with E-state index >= 15 is 0 Å². The molecule has 1 saturated heterocycles. The van der Waals surface area contributed by atoms with E-state index in [1.165, 1.54) is 4.31 Å². The fraction of sp³-hybridized carbons (Fsp3) is 0.409. The summed E-state index contributed by atoms with van der Waals surface area (Å²) in [6.07, 6.45) is 3.42. The van der Waals surface area contributed by atoms with E-state index in [1.807, 2.05) is 0 Å². The smallest absolute Gasteiger partial charge is 0.243 e. The molecule has 1 aliphatic heterocycles. The molecule has 0 atom stereocenters. The van der Waals surface area contributed by atoms with Crippen LogP contribution in [-0.2, 0) is 31.3 Å². The SMILES string of the molecule is CCCS(=O)(=O)Nc1ccc(NC(=O)Cc2ccc(S(=O)(=O)N3CCCCC3)cc2)cc1. The Balaban J connectivity index is 1.57. The van der Waals surface area contributed by atoms with Gasteiger partial charge in [0.25, 0.3) is 0 Å². The fourth-order valence-electron chi connectivity index (χ4n) is 3.55. The molecule has 2 N–H and O–H groups in total. The van der Waals surface area contributed by atoms with Crippen LogP contribution in [0.15, 0.2) is 53.4 Å². The second kappa shape index (κ2) is 10.5. The summed E-state index contributed by atoms with van der Waals surface area (Å²) in [5.41, 5.74) is 1.67. The van der Waals surface area contributed by atoms with Crippen molar-refractivity contribution in [1.29, 1.82) is 0 Å². The predicted molar refractivity (Wildman–Crippen MR) is 126 cm³/mol. The summed E-state index contributed by atoms with van der Waals surface area (Å²) in [6.45, 7) is 2.88. The molecule has 2 aromatic rings. The van der Waals surface area contributed by atoms with Gasteiger partial charge in [-0.1, -0.05) is 25.5 Å². The molecule has 0 bridgehead atoms. The highest BCUT2D eigenvalue weighted by atomic mass is 32.2. The largest absolute Gasteiger partial charge is 0.326 e. The topological polar surface area (TPSA) is 113 Å². The molecule has 1 amide bonds. The van der Waals surface area contributed by atoms with Gasteiger partial charge in [-0.05, 0) is 61.2 Å². The van der Waals surface area contributed by atoms with E-state index in [0.29, 0.717) is 36.4 Å². The molecule has 0 aromatic heterocycles. The molecule has 10 heteroatoms. The molecule has 32 heavy (non-hydrogen) atoms. The molecule has 174 valence electrons. The first-order chi connectivity index (χ1) is 15.2. The van der Waals surface area contributed by atoms with Crippen LogP contribution in [0.3, 0.4) is 0 Å². The van der Waals surface area contributed by atoms with Crippen LogP contribution in [0.25, 0.3) is 0 Å². The van der Waals surface area contributed by atoms with Gasteiger partial charge in [0.1, 0.15) is 0 Å². The minimum absolute atomic E-state index is 0.0452. The lowest BCUT2D eigenvalue weighted by atomic mass is 10.1. The number of nitrogens with one attached hydrogen (secondary N) is 2. The molecule has 8 nitrogen and oxygen atoms in total. The van der Waals surface area contributed by atoms with Gasteiger partial charge in [0.05, 0.1) is 17.1 Å². The van der Waals surface area contributed by atoms with E-state index in [1.54, 1.807) is 55.5 Å². The Morgan fingerprint density at radius 3 is 2.06 bits per heavy atom. The van der Waals surface area contributed by atoms with Crippen molar-refractivity contribution in [2.75, 3.05) is 28.9 Å². The number of sulfonamides is 2. The van der Waals surface area contributed by atoms with Gasteiger partial charge in [0.2, 0.25) is 26.0 Å². The van der Waals surface area contributed by atoms with Crippen LogP contribution in [0.2, 0.25) is 0 Å². The number of amides is 1. The van der Waals surface area contributed by atoms with Gasteiger partial charge in [0, 0.05) is 24.5 Å². The van der Waals surface area contributed by atoms with Crippen molar-refractivity contribution >= 4 is 37.3 Å². The minimum atomic E-state index is -3.49. The van der Waals surface area contributed by atoms with E-state index in [-0.39, 0.29) is 23.0 Å². The molecular weight excluding hydrogens is 450 g/mol. The Morgan fingerprint density at radius 1 is 0.875 bits per heavy atom. The van der Waals surface area contributed by atoms with E-state index in [0.717, 1.165) is 19.3 Å². The van der Waals surface area contributed by atoms with E-state index in [4.69, 9.17) is 0 Å². The number of piperidine rings is 1.